The van der Waals surface area contributed by atoms with Crippen molar-refractivity contribution in [2.75, 3.05) is 6.26 Å². The maximum atomic E-state index is 14.1. The minimum atomic E-state index is -4.82. The van der Waals surface area contributed by atoms with Gasteiger partial charge < -0.3 is 16.8 Å². The SMILES string of the molecule is CC(C)C[C@H](N)C(=O)C1(C[C@@H](N)C(=O)N[C@@H](c2ccc(-c3ccc(S(C)(=O)=O)cc3)cc2)C(F)(F)F)C=CC=CC1. The Morgan fingerprint density at radius 1 is 0.951 bits per heavy atom. The number of sulfone groups is 1. The van der Waals surface area contributed by atoms with Gasteiger partial charge in [0.05, 0.1) is 22.4 Å². The molecule has 2 aromatic rings. The summed E-state index contributed by atoms with van der Waals surface area (Å²) in [6, 6.07) is 6.83. The van der Waals surface area contributed by atoms with E-state index in [1.807, 2.05) is 19.2 Å². The molecule has 1 unspecified atom stereocenters. The first-order valence-electron chi connectivity index (χ1n) is 13.2. The largest absolute Gasteiger partial charge is 0.412 e. The lowest BCUT2D eigenvalue weighted by molar-refractivity contribution is -0.164. The van der Waals surface area contributed by atoms with Gasteiger partial charge in [0.2, 0.25) is 5.91 Å². The van der Waals surface area contributed by atoms with Gasteiger partial charge in [0.25, 0.3) is 0 Å². The van der Waals surface area contributed by atoms with Crippen molar-refractivity contribution in [2.45, 2.75) is 62.3 Å². The number of halogens is 3. The van der Waals surface area contributed by atoms with Gasteiger partial charge in [0.1, 0.15) is 0 Å². The summed E-state index contributed by atoms with van der Waals surface area (Å²) in [6.07, 6.45) is 3.50. The summed E-state index contributed by atoms with van der Waals surface area (Å²) in [5.41, 5.74) is 12.0. The molecule has 0 aromatic heterocycles. The number of Topliss-reactive ketones (excluding diaryl/α,β-unsaturated/α-hetero) is 1. The lowest BCUT2D eigenvalue weighted by atomic mass is 9.70. The van der Waals surface area contributed by atoms with Crippen molar-refractivity contribution in [3.05, 3.63) is 78.4 Å². The highest BCUT2D eigenvalue weighted by atomic mass is 32.2. The number of rotatable bonds is 11. The molecular formula is C30H36F3N3O4S. The van der Waals surface area contributed by atoms with Crippen molar-refractivity contribution in [3.63, 3.8) is 0 Å². The lowest BCUT2D eigenvalue weighted by Crippen LogP contribution is -2.51. The third kappa shape index (κ3) is 8.15. The van der Waals surface area contributed by atoms with Crippen LogP contribution in [0.15, 0.2) is 77.7 Å². The molecular weight excluding hydrogens is 555 g/mol. The highest BCUT2D eigenvalue weighted by Gasteiger charge is 2.45. The van der Waals surface area contributed by atoms with Gasteiger partial charge in [-0.3, -0.25) is 9.59 Å². The molecule has 4 atom stereocenters. The van der Waals surface area contributed by atoms with Gasteiger partial charge in [-0.25, -0.2) is 8.42 Å². The van der Waals surface area contributed by atoms with E-state index in [0.717, 1.165) is 6.26 Å². The molecule has 7 nitrogen and oxygen atoms in total. The monoisotopic (exact) mass is 591 g/mol. The summed E-state index contributed by atoms with van der Waals surface area (Å²) >= 11 is 0. The fourth-order valence-corrected chi connectivity index (χ4v) is 5.57. The van der Waals surface area contributed by atoms with Crippen LogP contribution in [0.25, 0.3) is 11.1 Å². The summed E-state index contributed by atoms with van der Waals surface area (Å²) in [5, 5.41) is 2.02. The van der Waals surface area contributed by atoms with Crippen molar-refractivity contribution in [1.29, 1.82) is 0 Å². The topological polar surface area (TPSA) is 132 Å². The average Bonchev–Trinajstić information content (AvgIpc) is 2.90. The number of carbonyl (C=O) groups excluding carboxylic acids is 2. The van der Waals surface area contributed by atoms with E-state index in [-0.39, 0.29) is 35.0 Å². The Morgan fingerprint density at radius 2 is 1.51 bits per heavy atom. The molecule has 0 radical (unpaired) electrons. The average molecular weight is 592 g/mol. The van der Waals surface area contributed by atoms with E-state index in [9.17, 15) is 31.2 Å². The standard InChI is InChI=1S/C30H36F3N3O4S/c1-19(2)17-24(34)27(37)29(15-5-4-6-16-29)18-25(35)28(38)36-26(30(31,32)33)22-9-7-20(8-10-22)21-11-13-23(14-12-21)41(3,39)40/h4-15,19,24-26H,16-18,34-35H2,1-3H3,(H,36,38)/t24-,25+,26-,29?/m0/s1. The van der Waals surface area contributed by atoms with Crippen LogP contribution in [0.5, 0.6) is 0 Å². The molecule has 41 heavy (non-hydrogen) atoms. The normalized spacial score (nSPS) is 19.5. The van der Waals surface area contributed by atoms with Crippen molar-refractivity contribution in [3.8, 4) is 11.1 Å². The Balaban J connectivity index is 1.79. The Kier molecular flexibility index (Phi) is 9.99. The zero-order chi connectivity index (χ0) is 30.6. The van der Waals surface area contributed by atoms with Crippen LogP contribution in [0.3, 0.4) is 0 Å². The van der Waals surface area contributed by atoms with Crippen LogP contribution in [0, 0.1) is 11.3 Å². The molecule has 1 aliphatic carbocycles. The number of ketones is 1. The van der Waals surface area contributed by atoms with Crippen LogP contribution >= 0.6 is 0 Å². The van der Waals surface area contributed by atoms with Gasteiger partial charge >= 0.3 is 6.18 Å². The molecule has 2 aromatic carbocycles. The molecule has 3 rings (SSSR count). The number of hydrogen-bond acceptors (Lipinski definition) is 6. The maximum absolute atomic E-state index is 14.1. The first-order valence-corrected chi connectivity index (χ1v) is 15.1. The molecule has 1 aliphatic rings. The van der Waals surface area contributed by atoms with Crippen molar-refractivity contribution in [2.24, 2.45) is 22.8 Å². The molecule has 5 N–H and O–H groups in total. The van der Waals surface area contributed by atoms with Crippen molar-refractivity contribution >= 4 is 21.5 Å². The quantitative estimate of drug-likeness (QED) is 0.349. The molecule has 1 amide bonds. The zero-order valence-electron chi connectivity index (χ0n) is 23.2. The number of nitrogens with one attached hydrogen (secondary N) is 1. The Bertz CT molecular complexity index is 1400. The van der Waals surface area contributed by atoms with Gasteiger partial charge in [0, 0.05) is 6.26 Å². The summed E-state index contributed by atoms with van der Waals surface area (Å²) in [7, 11) is -3.39. The predicted octanol–water partition coefficient (Wildman–Crippen LogP) is 4.64. The summed E-state index contributed by atoms with van der Waals surface area (Å²) in [6.45, 7) is 3.85. The molecule has 0 bridgehead atoms. The molecule has 222 valence electrons. The summed E-state index contributed by atoms with van der Waals surface area (Å²) < 4.78 is 65.7. The predicted molar refractivity (Wildman–Crippen MR) is 152 cm³/mol. The maximum Gasteiger partial charge on any atom is 0.412 e. The number of hydrogen-bond donors (Lipinski definition) is 3. The number of alkyl halides is 3. The highest BCUT2D eigenvalue weighted by molar-refractivity contribution is 7.90. The van der Waals surface area contributed by atoms with Gasteiger partial charge in [-0.2, -0.15) is 13.2 Å². The van der Waals surface area contributed by atoms with E-state index < -0.39 is 45.5 Å². The second kappa shape index (κ2) is 12.7. The number of carbonyl (C=O) groups is 2. The molecule has 11 heteroatoms. The molecule has 0 saturated heterocycles. The minimum absolute atomic E-state index is 0.124. The number of amides is 1. The Labute approximate surface area is 238 Å². The first-order chi connectivity index (χ1) is 19.0. The Morgan fingerprint density at radius 3 is 1.98 bits per heavy atom. The smallest absolute Gasteiger partial charge is 0.339 e. The van der Waals surface area contributed by atoms with Crippen LogP contribution in [-0.2, 0) is 19.4 Å². The highest BCUT2D eigenvalue weighted by Crippen LogP contribution is 2.37. The second-order valence-electron chi connectivity index (χ2n) is 11.0. The van der Waals surface area contributed by atoms with Crippen LogP contribution < -0.4 is 16.8 Å². The van der Waals surface area contributed by atoms with E-state index in [2.05, 4.69) is 0 Å². The number of allylic oxidation sites excluding steroid dienone is 4. The minimum Gasteiger partial charge on any atom is -0.339 e. The zero-order valence-corrected chi connectivity index (χ0v) is 24.0. The van der Waals surface area contributed by atoms with E-state index in [1.54, 1.807) is 36.4 Å². The number of nitrogens with two attached hydrogens (primary N) is 2. The van der Waals surface area contributed by atoms with E-state index in [0.29, 0.717) is 17.5 Å². The van der Waals surface area contributed by atoms with E-state index in [1.165, 1.54) is 36.4 Å². The molecule has 0 saturated carbocycles. The first kappa shape index (κ1) is 32.2. The third-order valence-electron chi connectivity index (χ3n) is 7.09. The van der Waals surface area contributed by atoms with Crippen LogP contribution in [0.2, 0.25) is 0 Å². The van der Waals surface area contributed by atoms with Gasteiger partial charge in [-0.15, -0.1) is 0 Å². The lowest BCUT2D eigenvalue weighted by Gasteiger charge is -2.35. The van der Waals surface area contributed by atoms with E-state index >= 15 is 0 Å². The van der Waals surface area contributed by atoms with E-state index in [4.69, 9.17) is 11.5 Å². The van der Waals surface area contributed by atoms with Gasteiger partial charge in [-0.05, 0) is 54.0 Å². The fraction of sp³-hybridized carbons (Fsp3) is 0.400. The molecule has 0 spiro atoms. The fourth-order valence-electron chi connectivity index (χ4n) is 4.93. The van der Waals surface area contributed by atoms with Crippen LogP contribution in [-0.4, -0.2) is 44.6 Å². The second-order valence-corrected chi connectivity index (χ2v) is 13.0. The van der Waals surface area contributed by atoms with Crippen LogP contribution in [0.1, 0.15) is 44.7 Å². The third-order valence-corrected chi connectivity index (χ3v) is 8.22. The summed E-state index contributed by atoms with van der Waals surface area (Å²) in [4.78, 5) is 26.4. The van der Waals surface area contributed by atoms with Crippen molar-refractivity contribution < 1.29 is 31.2 Å². The van der Waals surface area contributed by atoms with Crippen LogP contribution in [0.4, 0.5) is 13.2 Å². The molecule has 0 heterocycles. The molecule has 0 fully saturated rings. The summed E-state index contributed by atoms with van der Waals surface area (Å²) in [5.74, 6) is -1.19. The molecule has 0 aliphatic heterocycles. The van der Waals surface area contributed by atoms with Gasteiger partial charge in [-0.1, -0.05) is 74.5 Å². The Hall–Kier alpha value is -3.28. The van der Waals surface area contributed by atoms with Crippen molar-refractivity contribution in [1.82, 2.24) is 5.32 Å². The number of benzene rings is 2. The van der Waals surface area contributed by atoms with Gasteiger partial charge in [0.15, 0.2) is 21.7 Å².